The molecule has 0 aliphatic carbocycles. The summed E-state index contributed by atoms with van der Waals surface area (Å²) >= 11 is 1.20. The van der Waals surface area contributed by atoms with E-state index in [4.69, 9.17) is 0 Å². The van der Waals surface area contributed by atoms with Crippen molar-refractivity contribution in [1.29, 1.82) is 0 Å². The van der Waals surface area contributed by atoms with E-state index in [-0.39, 0.29) is 0 Å². The Balaban J connectivity index is 2.51. The van der Waals surface area contributed by atoms with Gasteiger partial charge in [0, 0.05) is 0 Å². The van der Waals surface area contributed by atoms with Crippen LogP contribution in [0.1, 0.15) is 5.56 Å². The van der Waals surface area contributed by atoms with E-state index in [1.807, 2.05) is 6.07 Å². The second kappa shape index (κ2) is 4.44. The van der Waals surface area contributed by atoms with Gasteiger partial charge in [-0.25, -0.2) is 0 Å². The zero-order valence-corrected chi connectivity index (χ0v) is 10.9. The molecule has 2 rings (SSSR count). The molecular formula is C13H9Zn-. The molecule has 0 amide bonds. The van der Waals surface area contributed by atoms with Crippen LogP contribution in [0, 0.1) is 6.07 Å². The van der Waals surface area contributed by atoms with Crippen molar-refractivity contribution in [3.63, 3.8) is 0 Å². The maximum absolute atomic E-state index is 3.25. The molecule has 0 aliphatic rings. The number of fused-ring (bicyclic) bond motifs is 1. The van der Waals surface area contributed by atoms with Crippen LogP contribution in [-0.4, -0.2) is 4.61 Å². The van der Waals surface area contributed by atoms with Crippen LogP contribution in [0.5, 0.6) is 0 Å². The molecule has 2 aromatic carbocycles. The summed E-state index contributed by atoms with van der Waals surface area (Å²) < 4.78 is 2.14. The van der Waals surface area contributed by atoms with Gasteiger partial charge in [-0.15, -0.1) is 0 Å². The molecule has 0 atom stereocenters. The molecule has 1 heteroatoms. The maximum atomic E-state index is 3.25. The monoisotopic (exact) mass is 229 g/mol. The van der Waals surface area contributed by atoms with Crippen LogP contribution >= 0.6 is 0 Å². The standard InChI is InChI=1S/C13H9.Zn/c1-2-5-11-8-9-12-6-3-4-7-13(12)10-11;/h1-7,9-10H;/q-1;/b5-2-;. The number of allylic oxidation sites excluding steroid dienone is 1. The van der Waals surface area contributed by atoms with Gasteiger partial charge in [-0.2, -0.15) is 0 Å². The average Bonchev–Trinajstić information content (AvgIpc) is 2.26. The zero-order valence-electron chi connectivity index (χ0n) is 7.90. The molecule has 0 saturated heterocycles. The van der Waals surface area contributed by atoms with E-state index in [9.17, 15) is 0 Å². The van der Waals surface area contributed by atoms with Crippen LogP contribution in [0.3, 0.4) is 0 Å². The molecule has 0 bridgehead atoms. The van der Waals surface area contributed by atoms with Crippen molar-refractivity contribution in [3.05, 3.63) is 54.1 Å². The summed E-state index contributed by atoms with van der Waals surface area (Å²) in [4.78, 5) is 0. The summed E-state index contributed by atoms with van der Waals surface area (Å²) in [5, 5.41) is 2.52. The van der Waals surface area contributed by atoms with Gasteiger partial charge in [0.25, 0.3) is 0 Å². The van der Waals surface area contributed by atoms with Crippen LogP contribution in [-0.2, 0) is 17.9 Å². The number of benzene rings is 2. The third kappa shape index (κ3) is 2.05. The van der Waals surface area contributed by atoms with Gasteiger partial charge < -0.3 is 0 Å². The van der Waals surface area contributed by atoms with Gasteiger partial charge in [0.1, 0.15) is 0 Å². The predicted octanol–water partition coefficient (Wildman–Crippen LogP) is 3.00. The summed E-state index contributed by atoms with van der Waals surface area (Å²) in [5.41, 5.74) is 1.15. The zero-order chi connectivity index (χ0) is 9.80. The van der Waals surface area contributed by atoms with E-state index in [0.29, 0.717) is 0 Å². The van der Waals surface area contributed by atoms with Gasteiger partial charge in [0.2, 0.25) is 0 Å². The van der Waals surface area contributed by atoms with Gasteiger partial charge in [-0.1, -0.05) is 0 Å². The van der Waals surface area contributed by atoms with Crippen molar-refractivity contribution in [2.45, 2.75) is 0 Å². The summed E-state index contributed by atoms with van der Waals surface area (Å²) in [6.07, 6.45) is 4.18. The average molecular weight is 231 g/mol. The van der Waals surface area contributed by atoms with Crippen LogP contribution in [0.25, 0.3) is 16.8 Å². The Morgan fingerprint density at radius 1 is 1.14 bits per heavy atom. The SMILES string of the molecule is [Zn]=[CH]/C=C\c1[c-]cc2ccccc2c1. The summed E-state index contributed by atoms with van der Waals surface area (Å²) in [7, 11) is 0. The first-order chi connectivity index (χ1) is 6.90. The first-order valence-electron chi connectivity index (χ1n) is 4.60. The normalized spacial score (nSPS) is 11.0. The van der Waals surface area contributed by atoms with Crippen molar-refractivity contribution in [1.82, 2.24) is 0 Å². The quantitative estimate of drug-likeness (QED) is 0.550. The molecule has 0 fully saturated rings. The van der Waals surface area contributed by atoms with Crippen molar-refractivity contribution in [2.24, 2.45) is 0 Å². The molecule has 14 heavy (non-hydrogen) atoms. The third-order valence-corrected chi connectivity index (χ3v) is 2.68. The third-order valence-electron chi connectivity index (χ3n) is 2.11. The molecule has 0 heterocycles. The topological polar surface area (TPSA) is 0 Å². The fraction of sp³-hybridized carbons (Fsp3) is 0. The Kier molecular flexibility index (Phi) is 3.01. The Labute approximate surface area is 93.5 Å². The molecule has 0 nitrogen and oxygen atoms in total. The van der Waals surface area contributed by atoms with Crippen LogP contribution < -0.4 is 0 Å². The Morgan fingerprint density at radius 2 is 1.93 bits per heavy atom. The van der Waals surface area contributed by atoms with E-state index in [0.717, 1.165) is 5.56 Å². The van der Waals surface area contributed by atoms with Crippen molar-refractivity contribution in [3.8, 4) is 0 Å². The van der Waals surface area contributed by atoms with Gasteiger partial charge in [-0.05, 0) is 0 Å². The van der Waals surface area contributed by atoms with E-state index >= 15 is 0 Å². The Bertz CT molecular complexity index is 483. The van der Waals surface area contributed by atoms with Crippen LogP contribution in [0.15, 0.2) is 42.5 Å². The molecule has 2 aromatic rings. The Hall–Kier alpha value is -1.07. The van der Waals surface area contributed by atoms with Crippen molar-refractivity contribution < 1.29 is 17.9 Å². The second-order valence-electron chi connectivity index (χ2n) is 3.11. The van der Waals surface area contributed by atoms with Crippen LogP contribution in [0.2, 0.25) is 0 Å². The van der Waals surface area contributed by atoms with Crippen molar-refractivity contribution >= 4 is 21.5 Å². The number of hydrogen-bond acceptors (Lipinski definition) is 0. The number of rotatable bonds is 2. The van der Waals surface area contributed by atoms with E-state index in [1.54, 1.807) is 0 Å². The second-order valence-corrected chi connectivity index (χ2v) is 4.10. The van der Waals surface area contributed by atoms with Gasteiger partial charge in [-0.3, -0.25) is 0 Å². The molecular weight excluding hydrogens is 222 g/mol. The molecule has 0 spiro atoms. The number of hydrogen-bond donors (Lipinski definition) is 0. The minimum atomic E-state index is 1.15. The van der Waals surface area contributed by atoms with Crippen LogP contribution in [0.4, 0.5) is 0 Å². The summed E-state index contributed by atoms with van der Waals surface area (Å²) in [6.45, 7) is 0. The van der Waals surface area contributed by atoms with Gasteiger partial charge >= 0.3 is 93.4 Å². The summed E-state index contributed by atoms with van der Waals surface area (Å²) in [5.74, 6) is 0. The van der Waals surface area contributed by atoms with E-state index in [1.165, 1.54) is 28.6 Å². The Morgan fingerprint density at radius 3 is 2.71 bits per heavy atom. The molecule has 0 radical (unpaired) electrons. The minimum absolute atomic E-state index is 1.15. The molecule has 64 valence electrons. The molecule has 0 saturated carbocycles. The molecule has 0 aromatic heterocycles. The fourth-order valence-electron chi connectivity index (χ4n) is 1.41. The molecule has 0 N–H and O–H groups in total. The van der Waals surface area contributed by atoms with Crippen molar-refractivity contribution in [2.75, 3.05) is 0 Å². The van der Waals surface area contributed by atoms with Gasteiger partial charge in [0.05, 0.1) is 0 Å². The van der Waals surface area contributed by atoms with E-state index < -0.39 is 0 Å². The summed E-state index contributed by atoms with van der Waals surface area (Å²) in [6, 6.07) is 15.8. The fourth-order valence-corrected chi connectivity index (χ4v) is 1.70. The first-order valence-corrected chi connectivity index (χ1v) is 6.31. The molecule has 0 unspecified atom stereocenters. The van der Waals surface area contributed by atoms with Gasteiger partial charge in [0.15, 0.2) is 0 Å². The van der Waals surface area contributed by atoms with E-state index in [2.05, 4.69) is 53.2 Å². The first kappa shape index (κ1) is 9.49. The predicted molar refractivity (Wildman–Crippen MR) is 57.9 cm³/mol. The molecule has 0 aliphatic heterocycles.